The molecule has 1 aromatic rings. The summed E-state index contributed by atoms with van der Waals surface area (Å²) in [6.07, 6.45) is 0. The Kier molecular flexibility index (Phi) is 6.79. The molecule has 0 aromatic carbocycles. The van der Waals surface area contributed by atoms with Crippen LogP contribution in [0, 0.1) is 19.8 Å². The molecule has 3 heterocycles. The summed E-state index contributed by atoms with van der Waals surface area (Å²) in [5, 5.41) is 16.2. The Labute approximate surface area is 191 Å². The van der Waals surface area contributed by atoms with Gasteiger partial charge in [-0.05, 0) is 29.8 Å². The Morgan fingerprint density at radius 2 is 2.06 bits per heavy atom. The number of ether oxygens (including phenoxy) is 1. The number of thioether (sulfide) groups is 1. The lowest BCUT2D eigenvalue weighted by molar-refractivity contribution is -0.151. The van der Waals surface area contributed by atoms with Crippen molar-refractivity contribution in [1.29, 1.82) is 0 Å². The Hall–Kier alpha value is -2.34. The predicted octanol–water partition coefficient (Wildman–Crippen LogP) is 1.20. The molecular formula is C19H23BrN4O6S. The maximum atomic E-state index is 12.7. The minimum absolute atomic E-state index is 0.180. The van der Waals surface area contributed by atoms with Crippen LogP contribution in [0.4, 0.5) is 0 Å². The molecule has 10 nitrogen and oxygen atoms in total. The third-order valence-corrected chi connectivity index (χ3v) is 7.67. The lowest BCUT2D eigenvalue weighted by Gasteiger charge is -2.49. The van der Waals surface area contributed by atoms with Gasteiger partial charge in [0.1, 0.15) is 23.7 Å². The summed E-state index contributed by atoms with van der Waals surface area (Å²) in [4.78, 5) is 49.3. The van der Waals surface area contributed by atoms with E-state index in [0.29, 0.717) is 12.1 Å². The zero-order valence-electron chi connectivity index (χ0n) is 17.5. The van der Waals surface area contributed by atoms with E-state index in [-0.39, 0.29) is 24.0 Å². The normalized spacial score (nSPS) is 21.3. The van der Waals surface area contributed by atoms with Gasteiger partial charge in [0.25, 0.3) is 5.91 Å². The number of nitrogens with one attached hydrogen (secondary N) is 1. The van der Waals surface area contributed by atoms with Gasteiger partial charge < -0.3 is 15.2 Å². The number of hydrogen-bond acceptors (Lipinski definition) is 7. The number of aryl methyl sites for hydroxylation is 1. The number of carbonyl (C=O) groups is 4. The second kappa shape index (κ2) is 9.03. The number of aromatic nitrogens is 2. The first-order chi connectivity index (χ1) is 14.5. The SMILES string of the molecule is CC(=O)OCC1=C(C(=O)O)N2C(=O)[C@H](NC(=O)[C@H](C)Cn3nc(C)c(Br)c3C)[C@@H]2SC1. The highest BCUT2D eigenvalue weighted by Crippen LogP contribution is 2.40. The van der Waals surface area contributed by atoms with Crippen LogP contribution in [0.25, 0.3) is 0 Å². The average Bonchev–Trinajstić information content (AvgIpc) is 2.95. The summed E-state index contributed by atoms with van der Waals surface area (Å²) in [5.74, 6) is -2.78. The highest BCUT2D eigenvalue weighted by atomic mass is 79.9. The largest absolute Gasteiger partial charge is 0.477 e. The number of amides is 2. The van der Waals surface area contributed by atoms with Gasteiger partial charge in [-0.1, -0.05) is 6.92 Å². The van der Waals surface area contributed by atoms with Crippen LogP contribution in [0.5, 0.6) is 0 Å². The summed E-state index contributed by atoms with van der Waals surface area (Å²) in [6.45, 7) is 6.89. The standard InChI is InChI=1S/C19H23BrN4O6S/c1-8(5-23-10(3)13(20)9(2)22-23)16(26)21-14-17(27)24-15(19(28)29)12(6-30-11(4)25)7-31-18(14)24/h8,14,18H,5-7H2,1-4H3,(H,21,26)(H,28,29)/t8-,14+,18+/m1/s1. The van der Waals surface area contributed by atoms with Gasteiger partial charge in [-0.25, -0.2) is 4.79 Å². The fourth-order valence-corrected chi connectivity index (χ4v) is 5.09. The van der Waals surface area contributed by atoms with E-state index in [1.807, 2.05) is 13.8 Å². The number of β-lactam (4-membered cyclic amide) rings is 1. The van der Waals surface area contributed by atoms with Crippen LogP contribution in [-0.2, 0) is 30.5 Å². The molecule has 1 fully saturated rings. The molecule has 0 spiro atoms. The van der Waals surface area contributed by atoms with Crippen LogP contribution in [-0.4, -0.2) is 67.3 Å². The number of aliphatic carboxylic acids is 1. The summed E-state index contributed by atoms with van der Waals surface area (Å²) >= 11 is 4.78. The topological polar surface area (TPSA) is 131 Å². The quantitative estimate of drug-likeness (QED) is 0.409. The third-order valence-electron chi connectivity index (χ3n) is 5.18. The van der Waals surface area contributed by atoms with Crippen molar-refractivity contribution < 1.29 is 29.0 Å². The molecule has 3 atom stereocenters. The first-order valence-corrected chi connectivity index (χ1v) is 11.4. The molecule has 0 bridgehead atoms. The molecular weight excluding hydrogens is 492 g/mol. The van der Waals surface area contributed by atoms with Crippen molar-refractivity contribution in [1.82, 2.24) is 20.0 Å². The van der Waals surface area contributed by atoms with Gasteiger partial charge >= 0.3 is 11.9 Å². The molecule has 2 aliphatic rings. The first kappa shape index (κ1) is 23.3. The molecule has 12 heteroatoms. The molecule has 0 aliphatic carbocycles. The molecule has 2 amide bonds. The lowest BCUT2D eigenvalue weighted by Crippen LogP contribution is -2.71. The fraction of sp³-hybridized carbons (Fsp3) is 0.526. The molecule has 2 aliphatic heterocycles. The van der Waals surface area contributed by atoms with Gasteiger partial charge in [0.2, 0.25) is 5.91 Å². The van der Waals surface area contributed by atoms with E-state index in [1.54, 1.807) is 11.6 Å². The van der Waals surface area contributed by atoms with Crippen LogP contribution in [0.15, 0.2) is 15.7 Å². The van der Waals surface area contributed by atoms with Crippen LogP contribution < -0.4 is 5.32 Å². The molecule has 0 unspecified atom stereocenters. The Morgan fingerprint density at radius 3 is 2.61 bits per heavy atom. The van der Waals surface area contributed by atoms with E-state index < -0.39 is 35.2 Å². The Morgan fingerprint density at radius 1 is 1.39 bits per heavy atom. The smallest absolute Gasteiger partial charge is 0.352 e. The van der Waals surface area contributed by atoms with Crippen molar-refractivity contribution in [3.05, 3.63) is 27.1 Å². The summed E-state index contributed by atoms with van der Waals surface area (Å²) < 4.78 is 7.54. The molecule has 31 heavy (non-hydrogen) atoms. The average molecular weight is 515 g/mol. The van der Waals surface area contributed by atoms with Gasteiger partial charge in [0.15, 0.2) is 0 Å². The predicted molar refractivity (Wildman–Crippen MR) is 115 cm³/mol. The number of nitrogens with zero attached hydrogens (tertiary/aromatic N) is 3. The number of halogens is 1. The summed E-state index contributed by atoms with van der Waals surface area (Å²) in [5.41, 5.74) is 1.90. The first-order valence-electron chi connectivity index (χ1n) is 9.56. The molecule has 0 saturated carbocycles. The van der Waals surface area contributed by atoms with E-state index in [2.05, 4.69) is 26.3 Å². The summed E-state index contributed by atoms with van der Waals surface area (Å²) in [6, 6.07) is -0.809. The minimum Gasteiger partial charge on any atom is -0.477 e. The van der Waals surface area contributed by atoms with E-state index in [9.17, 15) is 24.3 Å². The van der Waals surface area contributed by atoms with Gasteiger partial charge in [-0.15, -0.1) is 11.8 Å². The second-order valence-electron chi connectivity index (χ2n) is 7.50. The van der Waals surface area contributed by atoms with Crippen LogP contribution >= 0.6 is 27.7 Å². The van der Waals surface area contributed by atoms with Gasteiger partial charge in [0, 0.05) is 23.9 Å². The zero-order chi connectivity index (χ0) is 23.0. The van der Waals surface area contributed by atoms with E-state index in [1.165, 1.54) is 18.7 Å². The number of carboxylic acids is 1. The van der Waals surface area contributed by atoms with Gasteiger partial charge in [-0.3, -0.25) is 24.0 Å². The monoisotopic (exact) mass is 514 g/mol. The number of carbonyl (C=O) groups excluding carboxylic acids is 3. The molecule has 1 aromatic heterocycles. The molecule has 168 valence electrons. The Balaban J connectivity index is 1.67. The number of esters is 1. The number of fused-ring (bicyclic) bond motifs is 1. The number of rotatable bonds is 7. The maximum Gasteiger partial charge on any atom is 0.352 e. The molecule has 1 saturated heterocycles. The third kappa shape index (κ3) is 4.49. The van der Waals surface area contributed by atoms with Crippen molar-refractivity contribution in [2.24, 2.45) is 5.92 Å². The fourth-order valence-electron chi connectivity index (χ4n) is 3.47. The van der Waals surface area contributed by atoms with Crippen molar-refractivity contribution in [2.75, 3.05) is 12.4 Å². The van der Waals surface area contributed by atoms with Crippen molar-refractivity contribution in [3.8, 4) is 0 Å². The number of hydrogen-bond donors (Lipinski definition) is 2. The molecule has 0 radical (unpaired) electrons. The van der Waals surface area contributed by atoms with Crippen molar-refractivity contribution in [3.63, 3.8) is 0 Å². The van der Waals surface area contributed by atoms with Gasteiger partial charge in [0.05, 0.1) is 22.6 Å². The zero-order valence-corrected chi connectivity index (χ0v) is 19.9. The maximum absolute atomic E-state index is 12.7. The highest BCUT2D eigenvalue weighted by Gasteiger charge is 2.54. The summed E-state index contributed by atoms with van der Waals surface area (Å²) in [7, 11) is 0. The molecule has 3 rings (SSSR count). The highest BCUT2D eigenvalue weighted by molar-refractivity contribution is 9.10. The second-order valence-corrected chi connectivity index (χ2v) is 9.40. The van der Waals surface area contributed by atoms with Crippen LogP contribution in [0.1, 0.15) is 25.2 Å². The minimum atomic E-state index is -1.27. The Bertz CT molecular complexity index is 990. The van der Waals surface area contributed by atoms with Crippen LogP contribution in [0.3, 0.4) is 0 Å². The van der Waals surface area contributed by atoms with Gasteiger partial charge in [-0.2, -0.15) is 5.10 Å². The van der Waals surface area contributed by atoms with E-state index in [4.69, 9.17) is 4.74 Å². The van der Waals surface area contributed by atoms with E-state index >= 15 is 0 Å². The van der Waals surface area contributed by atoms with Crippen LogP contribution in [0.2, 0.25) is 0 Å². The number of carboxylic acid groups (broad SMARTS) is 1. The van der Waals surface area contributed by atoms with Crippen molar-refractivity contribution in [2.45, 2.75) is 45.7 Å². The lowest BCUT2D eigenvalue weighted by atomic mass is 10.0. The molecule has 2 N–H and O–H groups in total. The van der Waals surface area contributed by atoms with Crippen molar-refractivity contribution >= 4 is 51.4 Å². The van der Waals surface area contributed by atoms with E-state index in [0.717, 1.165) is 20.8 Å².